The molecule has 134 valence electrons. The fourth-order valence-corrected chi connectivity index (χ4v) is 3.32. The quantitative estimate of drug-likeness (QED) is 0.473. The van der Waals surface area contributed by atoms with Gasteiger partial charge in [-0.2, -0.15) is 0 Å². The van der Waals surface area contributed by atoms with Crippen LogP contribution in [0.2, 0.25) is 0 Å². The molecule has 0 unspecified atom stereocenters. The fourth-order valence-electron chi connectivity index (χ4n) is 3.32. The van der Waals surface area contributed by atoms with Gasteiger partial charge in [-0.1, -0.05) is 19.8 Å². The van der Waals surface area contributed by atoms with Crippen molar-refractivity contribution in [2.24, 2.45) is 5.92 Å². The molecule has 1 aromatic heterocycles. The Morgan fingerprint density at radius 1 is 1.40 bits per heavy atom. The van der Waals surface area contributed by atoms with Crippen LogP contribution in [0.3, 0.4) is 0 Å². The average molecular weight is 346 g/mol. The molecule has 1 aliphatic rings. The zero-order chi connectivity index (χ0) is 17.8. The third kappa shape index (κ3) is 3.96. The van der Waals surface area contributed by atoms with Crippen LogP contribution in [0.5, 0.6) is 0 Å². The molecule has 8 heteroatoms. The van der Waals surface area contributed by atoms with E-state index in [2.05, 4.69) is 22.2 Å². The number of benzene rings is 1. The SMILES string of the molecule is C[C@@H]1CCCC[C@H]1OCCNc1cc2nc[nH]c(=O)c2cc1[N+](=O)[O-]. The van der Waals surface area contributed by atoms with Crippen molar-refractivity contribution in [1.82, 2.24) is 9.97 Å². The summed E-state index contributed by atoms with van der Waals surface area (Å²) in [6.07, 6.45) is 6.27. The maximum absolute atomic E-state index is 11.8. The summed E-state index contributed by atoms with van der Waals surface area (Å²) in [7, 11) is 0. The van der Waals surface area contributed by atoms with E-state index in [-0.39, 0.29) is 17.2 Å². The molecule has 0 spiro atoms. The molecule has 1 fully saturated rings. The van der Waals surface area contributed by atoms with Gasteiger partial charge in [-0.25, -0.2) is 4.98 Å². The second-order valence-corrected chi connectivity index (χ2v) is 6.47. The van der Waals surface area contributed by atoms with Gasteiger partial charge in [-0.15, -0.1) is 0 Å². The van der Waals surface area contributed by atoms with E-state index in [1.165, 1.54) is 37.7 Å². The molecule has 8 nitrogen and oxygen atoms in total. The number of nitrogens with zero attached hydrogens (tertiary/aromatic N) is 2. The Hall–Kier alpha value is -2.48. The van der Waals surface area contributed by atoms with E-state index in [1.807, 2.05) is 0 Å². The highest BCUT2D eigenvalue weighted by molar-refractivity contribution is 5.86. The number of hydrogen-bond acceptors (Lipinski definition) is 6. The van der Waals surface area contributed by atoms with Crippen LogP contribution in [0.1, 0.15) is 32.6 Å². The number of hydrogen-bond donors (Lipinski definition) is 2. The maximum Gasteiger partial charge on any atom is 0.293 e. The topological polar surface area (TPSA) is 110 Å². The molecule has 1 heterocycles. The Morgan fingerprint density at radius 2 is 2.20 bits per heavy atom. The third-order valence-electron chi connectivity index (χ3n) is 4.74. The Bertz CT molecular complexity index is 820. The summed E-state index contributed by atoms with van der Waals surface area (Å²) in [5, 5.41) is 14.5. The molecule has 1 aromatic carbocycles. The third-order valence-corrected chi connectivity index (χ3v) is 4.74. The number of aromatic amines is 1. The van der Waals surface area contributed by atoms with Crippen LogP contribution >= 0.6 is 0 Å². The number of fused-ring (bicyclic) bond motifs is 1. The molecule has 3 rings (SSSR count). The van der Waals surface area contributed by atoms with Gasteiger partial charge in [0, 0.05) is 12.6 Å². The molecule has 0 radical (unpaired) electrons. The Morgan fingerprint density at radius 3 is 2.96 bits per heavy atom. The molecular weight excluding hydrogens is 324 g/mol. The number of ether oxygens (including phenoxy) is 1. The van der Waals surface area contributed by atoms with Crippen molar-refractivity contribution < 1.29 is 9.66 Å². The van der Waals surface area contributed by atoms with Gasteiger partial charge in [-0.3, -0.25) is 14.9 Å². The number of nitro groups is 1. The predicted molar refractivity (Wildman–Crippen MR) is 94.9 cm³/mol. The summed E-state index contributed by atoms with van der Waals surface area (Å²) in [4.78, 5) is 29.1. The molecule has 0 bridgehead atoms. The number of H-pyrrole nitrogens is 1. The van der Waals surface area contributed by atoms with E-state index in [0.717, 1.165) is 6.42 Å². The van der Waals surface area contributed by atoms with Gasteiger partial charge in [0.2, 0.25) is 0 Å². The first-order chi connectivity index (χ1) is 12.1. The Balaban J connectivity index is 1.69. The van der Waals surface area contributed by atoms with E-state index in [9.17, 15) is 14.9 Å². The lowest BCUT2D eigenvalue weighted by Crippen LogP contribution is -2.27. The summed E-state index contributed by atoms with van der Waals surface area (Å²) < 4.78 is 5.92. The van der Waals surface area contributed by atoms with E-state index >= 15 is 0 Å². The van der Waals surface area contributed by atoms with E-state index in [1.54, 1.807) is 0 Å². The molecule has 0 aliphatic heterocycles. The second-order valence-electron chi connectivity index (χ2n) is 6.47. The van der Waals surface area contributed by atoms with Crippen LogP contribution in [0.4, 0.5) is 11.4 Å². The molecule has 1 aliphatic carbocycles. The van der Waals surface area contributed by atoms with Crippen LogP contribution in [-0.4, -0.2) is 34.1 Å². The lowest BCUT2D eigenvalue weighted by molar-refractivity contribution is -0.383. The van der Waals surface area contributed by atoms with E-state index < -0.39 is 10.5 Å². The average Bonchev–Trinajstić information content (AvgIpc) is 2.59. The molecule has 2 N–H and O–H groups in total. The molecule has 2 atom stereocenters. The number of nitrogens with one attached hydrogen (secondary N) is 2. The number of anilines is 1. The van der Waals surface area contributed by atoms with Crippen molar-refractivity contribution in [2.45, 2.75) is 38.7 Å². The van der Waals surface area contributed by atoms with Gasteiger partial charge in [-0.05, 0) is 24.8 Å². The number of rotatable bonds is 6. The largest absolute Gasteiger partial charge is 0.377 e. The van der Waals surface area contributed by atoms with Crippen LogP contribution < -0.4 is 10.9 Å². The summed E-state index contributed by atoms with van der Waals surface area (Å²) >= 11 is 0. The second kappa shape index (κ2) is 7.60. The standard InChI is InChI=1S/C17H22N4O4/c1-11-4-2-3-5-16(11)25-7-6-18-14-9-13-12(8-15(14)21(23)24)17(22)20-10-19-13/h8-11,16,18H,2-7H2,1H3,(H,19,20,22)/t11-,16-/m1/s1. The molecule has 0 saturated heterocycles. The van der Waals surface area contributed by atoms with E-state index in [0.29, 0.717) is 30.3 Å². The normalized spacial score (nSPS) is 20.5. The van der Waals surface area contributed by atoms with Crippen LogP contribution in [0.25, 0.3) is 10.9 Å². The molecule has 1 saturated carbocycles. The Kier molecular flexibility index (Phi) is 5.28. The van der Waals surface area contributed by atoms with Crippen LogP contribution in [0.15, 0.2) is 23.3 Å². The summed E-state index contributed by atoms with van der Waals surface area (Å²) in [6, 6.07) is 2.79. The minimum absolute atomic E-state index is 0.142. The first-order valence-electron chi connectivity index (χ1n) is 8.57. The summed E-state index contributed by atoms with van der Waals surface area (Å²) in [6.45, 7) is 3.14. The van der Waals surface area contributed by atoms with Gasteiger partial charge in [0.1, 0.15) is 5.69 Å². The summed E-state index contributed by atoms with van der Waals surface area (Å²) in [5.41, 5.74) is 0.223. The van der Waals surface area contributed by atoms with Crippen molar-refractivity contribution in [3.63, 3.8) is 0 Å². The zero-order valence-electron chi connectivity index (χ0n) is 14.2. The van der Waals surface area contributed by atoms with Gasteiger partial charge >= 0.3 is 0 Å². The minimum Gasteiger partial charge on any atom is -0.377 e. The highest BCUT2D eigenvalue weighted by atomic mass is 16.6. The highest BCUT2D eigenvalue weighted by Crippen LogP contribution is 2.28. The van der Waals surface area contributed by atoms with Gasteiger partial charge in [0.05, 0.1) is 34.9 Å². The lowest BCUT2D eigenvalue weighted by Gasteiger charge is -2.28. The van der Waals surface area contributed by atoms with Gasteiger partial charge < -0.3 is 15.0 Å². The van der Waals surface area contributed by atoms with Crippen molar-refractivity contribution in [2.75, 3.05) is 18.5 Å². The molecule has 25 heavy (non-hydrogen) atoms. The Labute approximate surface area is 144 Å². The summed E-state index contributed by atoms with van der Waals surface area (Å²) in [5.74, 6) is 0.555. The molecule has 2 aromatic rings. The first-order valence-corrected chi connectivity index (χ1v) is 8.57. The van der Waals surface area contributed by atoms with Crippen molar-refractivity contribution in [3.05, 3.63) is 38.9 Å². The van der Waals surface area contributed by atoms with Crippen molar-refractivity contribution in [3.8, 4) is 0 Å². The number of nitro benzene ring substituents is 1. The monoisotopic (exact) mass is 346 g/mol. The van der Waals surface area contributed by atoms with Crippen LogP contribution in [-0.2, 0) is 4.74 Å². The lowest BCUT2D eigenvalue weighted by atomic mass is 9.88. The number of aromatic nitrogens is 2. The fraction of sp³-hybridized carbons (Fsp3) is 0.529. The van der Waals surface area contributed by atoms with E-state index in [4.69, 9.17) is 4.74 Å². The molecule has 0 amide bonds. The van der Waals surface area contributed by atoms with Crippen molar-refractivity contribution >= 4 is 22.3 Å². The zero-order valence-corrected chi connectivity index (χ0v) is 14.2. The highest BCUT2D eigenvalue weighted by Gasteiger charge is 2.22. The minimum atomic E-state index is -0.502. The first kappa shape index (κ1) is 17.3. The van der Waals surface area contributed by atoms with Gasteiger partial charge in [0.15, 0.2) is 0 Å². The predicted octanol–water partition coefficient (Wildman–Crippen LogP) is 2.84. The molecular formula is C17H22N4O4. The smallest absolute Gasteiger partial charge is 0.293 e. The van der Waals surface area contributed by atoms with Crippen LogP contribution in [0, 0.1) is 16.0 Å². The van der Waals surface area contributed by atoms with Crippen molar-refractivity contribution in [1.29, 1.82) is 0 Å². The van der Waals surface area contributed by atoms with Gasteiger partial charge in [0.25, 0.3) is 11.2 Å². The maximum atomic E-state index is 11.8.